The third-order valence-electron chi connectivity index (χ3n) is 3.47. The molecule has 2 heterocycles. The van der Waals surface area contributed by atoms with E-state index in [9.17, 15) is 0 Å². The van der Waals surface area contributed by atoms with Crippen LogP contribution in [0.1, 0.15) is 25.1 Å². The van der Waals surface area contributed by atoms with Crippen LogP contribution in [0, 0.1) is 0 Å². The lowest BCUT2D eigenvalue weighted by Gasteiger charge is -1.96. The van der Waals surface area contributed by atoms with Crippen molar-refractivity contribution in [1.29, 1.82) is 0 Å². The number of H-pyrrole nitrogens is 2. The Kier molecular flexibility index (Phi) is 5.01. The van der Waals surface area contributed by atoms with E-state index >= 15 is 0 Å². The highest BCUT2D eigenvalue weighted by Crippen LogP contribution is 2.30. The first kappa shape index (κ1) is 15.1. The van der Waals surface area contributed by atoms with Gasteiger partial charge >= 0.3 is 0 Å². The first-order valence-corrected chi connectivity index (χ1v) is 7.32. The van der Waals surface area contributed by atoms with Gasteiger partial charge in [0.1, 0.15) is 0 Å². The van der Waals surface area contributed by atoms with Crippen molar-refractivity contribution < 1.29 is 5.11 Å². The molecule has 1 aliphatic carbocycles. The van der Waals surface area contributed by atoms with Gasteiger partial charge in [0.2, 0.25) is 0 Å². The number of benzene rings is 1. The molecule has 2 aromatic heterocycles. The van der Waals surface area contributed by atoms with Gasteiger partial charge in [-0.25, -0.2) is 0 Å². The molecular weight excluding hydrogens is 260 g/mol. The Morgan fingerprint density at radius 2 is 1.81 bits per heavy atom. The molecule has 0 unspecified atom stereocenters. The Balaban J connectivity index is 0.000000374. The predicted octanol–water partition coefficient (Wildman–Crippen LogP) is 4.41. The molecule has 1 aliphatic rings. The lowest BCUT2D eigenvalue weighted by Crippen LogP contribution is -1.80. The molecule has 0 atom stereocenters. The molecule has 3 nitrogen and oxygen atoms in total. The van der Waals surface area contributed by atoms with Gasteiger partial charge in [-0.05, 0) is 24.1 Å². The fraction of sp³-hybridized carbons (Fsp3) is 0.222. The van der Waals surface area contributed by atoms with Gasteiger partial charge < -0.3 is 15.1 Å². The van der Waals surface area contributed by atoms with Crippen molar-refractivity contribution in [1.82, 2.24) is 9.97 Å². The molecule has 3 heteroatoms. The lowest BCUT2D eigenvalue weighted by molar-refractivity contribution is 0.399. The first-order valence-electron chi connectivity index (χ1n) is 7.32. The number of aliphatic hydroxyl groups is 1. The molecule has 0 fully saturated rings. The molecule has 4 rings (SSSR count). The summed E-state index contributed by atoms with van der Waals surface area (Å²) in [6.07, 6.45) is 11.5. The van der Waals surface area contributed by atoms with Crippen LogP contribution in [0.25, 0.3) is 27.9 Å². The van der Waals surface area contributed by atoms with E-state index in [4.69, 9.17) is 5.11 Å². The second-order valence-electron chi connectivity index (χ2n) is 4.44. The predicted molar refractivity (Wildman–Crippen MR) is 91.5 cm³/mol. The number of nitrogens with one attached hydrogen (secondary N) is 2. The van der Waals surface area contributed by atoms with Crippen LogP contribution >= 0.6 is 0 Å². The molecule has 0 spiro atoms. The maximum absolute atomic E-state index is 7.00. The summed E-state index contributed by atoms with van der Waals surface area (Å²) in [5.41, 5.74) is 5.04. The van der Waals surface area contributed by atoms with Crippen molar-refractivity contribution in [2.45, 2.75) is 20.3 Å². The van der Waals surface area contributed by atoms with E-state index in [0.29, 0.717) is 0 Å². The minimum atomic E-state index is 0.995. The highest BCUT2D eigenvalue weighted by atomic mass is 16.2. The summed E-state index contributed by atoms with van der Waals surface area (Å²) in [7, 11) is 1.00. The second kappa shape index (κ2) is 6.95. The number of aromatic amines is 2. The molecule has 0 radical (unpaired) electrons. The Bertz CT molecular complexity index is 775. The minimum Gasteiger partial charge on any atom is -0.400 e. The highest BCUT2D eigenvalue weighted by molar-refractivity contribution is 6.06. The third-order valence-corrected chi connectivity index (χ3v) is 3.47. The maximum Gasteiger partial charge on any atom is 0.0706 e. The summed E-state index contributed by atoms with van der Waals surface area (Å²) in [5.74, 6) is 0. The summed E-state index contributed by atoms with van der Waals surface area (Å²) >= 11 is 0. The van der Waals surface area contributed by atoms with Gasteiger partial charge in [-0.1, -0.05) is 44.2 Å². The van der Waals surface area contributed by atoms with E-state index in [-0.39, 0.29) is 0 Å². The zero-order chi connectivity index (χ0) is 15.2. The van der Waals surface area contributed by atoms with Crippen molar-refractivity contribution in [3.8, 4) is 0 Å². The third kappa shape index (κ3) is 2.65. The van der Waals surface area contributed by atoms with Gasteiger partial charge in [-0.15, -0.1) is 0 Å². The quantitative estimate of drug-likeness (QED) is 0.562. The molecule has 0 amide bonds. The van der Waals surface area contributed by atoms with Crippen LogP contribution in [0.3, 0.4) is 0 Å². The molecule has 21 heavy (non-hydrogen) atoms. The van der Waals surface area contributed by atoms with Crippen molar-refractivity contribution in [2.75, 3.05) is 7.11 Å². The largest absolute Gasteiger partial charge is 0.400 e. The van der Waals surface area contributed by atoms with E-state index < -0.39 is 0 Å². The summed E-state index contributed by atoms with van der Waals surface area (Å²) in [6, 6.07) is 6.50. The molecule has 0 bridgehead atoms. The van der Waals surface area contributed by atoms with E-state index in [1.54, 1.807) is 0 Å². The highest BCUT2D eigenvalue weighted by Gasteiger charge is 2.12. The SMILES string of the molecule is C1=CCc2c([nH]c3c2ccc2cc[nH]c23)C=C1.CC.CO. The standard InChI is InChI=1S/C15H12N2.C2H6.CH4O/c1-2-4-11-12-7-6-10-8-9-16-14(10)15(12)17-13(11)5-3-1;2*1-2/h1-3,5-9,16-17H,4H2;1-2H3;2H,1H3. The molecule has 1 aromatic carbocycles. The van der Waals surface area contributed by atoms with Gasteiger partial charge in [0.05, 0.1) is 11.0 Å². The Morgan fingerprint density at radius 1 is 1.00 bits per heavy atom. The van der Waals surface area contributed by atoms with Crippen molar-refractivity contribution in [3.63, 3.8) is 0 Å². The molecule has 110 valence electrons. The number of fused-ring (bicyclic) bond motifs is 5. The monoisotopic (exact) mass is 282 g/mol. The van der Waals surface area contributed by atoms with Gasteiger partial charge in [0.15, 0.2) is 0 Å². The zero-order valence-corrected chi connectivity index (χ0v) is 12.8. The van der Waals surface area contributed by atoms with Crippen LogP contribution in [0.4, 0.5) is 0 Å². The fourth-order valence-corrected chi connectivity index (χ4v) is 2.64. The Hall–Kier alpha value is -2.26. The average molecular weight is 282 g/mol. The maximum atomic E-state index is 7.00. The number of hydrogen-bond donors (Lipinski definition) is 3. The molecule has 3 aromatic rings. The number of aromatic nitrogens is 2. The van der Waals surface area contributed by atoms with E-state index in [1.165, 1.54) is 33.1 Å². The van der Waals surface area contributed by atoms with E-state index in [0.717, 1.165) is 13.5 Å². The van der Waals surface area contributed by atoms with Crippen molar-refractivity contribution >= 4 is 27.9 Å². The molecule has 0 saturated carbocycles. The van der Waals surface area contributed by atoms with Crippen LogP contribution in [-0.2, 0) is 6.42 Å². The van der Waals surface area contributed by atoms with Gasteiger partial charge in [-0.2, -0.15) is 0 Å². The van der Waals surface area contributed by atoms with Crippen LogP contribution in [0.5, 0.6) is 0 Å². The molecule has 0 saturated heterocycles. The topological polar surface area (TPSA) is 51.8 Å². The minimum absolute atomic E-state index is 0.995. The number of hydrogen-bond acceptors (Lipinski definition) is 1. The molecule has 3 N–H and O–H groups in total. The number of rotatable bonds is 0. The number of allylic oxidation sites excluding steroid dienone is 3. The van der Waals surface area contributed by atoms with Gasteiger partial charge in [-0.3, -0.25) is 0 Å². The van der Waals surface area contributed by atoms with Crippen molar-refractivity contribution in [2.24, 2.45) is 0 Å². The second-order valence-corrected chi connectivity index (χ2v) is 4.44. The van der Waals surface area contributed by atoms with E-state index in [1.807, 2.05) is 20.0 Å². The summed E-state index contributed by atoms with van der Waals surface area (Å²) < 4.78 is 0. The van der Waals surface area contributed by atoms with Crippen LogP contribution in [0.15, 0.2) is 42.6 Å². The summed E-state index contributed by atoms with van der Waals surface area (Å²) in [5, 5.41) is 9.58. The zero-order valence-electron chi connectivity index (χ0n) is 12.8. The number of aliphatic hydroxyl groups excluding tert-OH is 1. The van der Waals surface area contributed by atoms with Crippen LogP contribution in [-0.4, -0.2) is 22.2 Å². The molecule has 0 aliphatic heterocycles. The summed E-state index contributed by atoms with van der Waals surface area (Å²) in [6.45, 7) is 4.00. The van der Waals surface area contributed by atoms with E-state index in [2.05, 4.69) is 52.5 Å². The smallest absolute Gasteiger partial charge is 0.0706 e. The lowest BCUT2D eigenvalue weighted by atomic mass is 10.1. The fourth-order valence-electron chi connectivity index (χ4n) is 2.64. The molecular formula is C18H22N2O. The van der Waals surface area contributed by atoms with Gasteiger partial charge in [0, 0.05) is 29.8 Å². The normalized spacial score (nSPS) is 12.2. The van der Waals surface area contributed by atoms with Crippen LogP contribution in [0.2, 0.25) is 0 Å². The summed E-state index contributed by atoms with van der Waals surface area (Å²) in [4.78, 5) is 6.84. The Morgan fingerprint density at radius 3 is 2.62 bits per heavy atom. The van der Waals surface area contributed by atoms with Crippen molar-refractivity contribution in [3.05, 3.63) is 53.9 Å². The average Bonchev–Trinajstić information content (AvgIpc) is 3.09. The van der Waals surface area contributed by atoms with Crippen LogP contribution < -0.4 is 0 Å². The Labute approximate surface area is 125 Å². The van der Waals surface area contributed by atoms with Gasteiger partial charge in [0.25, 0.3) is 0 Å². The first-order chi connectivity index (χ1) is 10.4.